The molecule has 10 heteroatoms. The van der Waals surface area contributed by atoms with E-state index in [0.29, 0.717) is 31.5 Å². The van der Waals surface area contributed by atoms with Crippen LogP contribution in [0.25, 0.3) is 0 Å². The number of halogens is 5. The zero-order chi connectivity index (χ0) is 22.2. The summed E-state index contributed by atoms with van der Waals surface area (Å²) >= 11 is 0. The van der Waals surface area contributed by atoms with E-state index in [2.05, 4.69) is 0 Å². The number of carbonyl (C=O) groups is 1. The summed E-state index contributed by atoms with van der Waals surface area (Å²) in [5.74, 6) is -0.165. The summed E-state index contributed by atoms with van der Waals surface area (Å²) in [6.07, 6.45) is -8.20. The van der Waals surface area contributed by atoms with Gasteiger partial charge in [-0.1, -0.05) is 12.1 Å². The number of nitrogens with zero attached hydrogens (tertiary/aromatic N) is 1. The fourth-order valence-electron chi connectivity index (χ4n) is 4.23. The van der Waals surface area contributed by atoms with Gasteiger partial charge in [0, 0.05) is 12.2 Å². The Balaban J connectivity index is 1.62. The number of amides is 1. The molecule has 1 heterocycles. The molecule has 0 unspecified atom stereocenters. The van der Waals surface area contributed by atoms with Crippen LogP contribution in [0.3, 0.4) is 0 Å². The Morgan fingerprint density at radius 1 is 1.07 bits per heavy atom. The number of anilines is 1. The van der Waals surface area contributed by atoms with Crippen LogP contribution in [0.5, 0.6) is 0 Å². The van der Waals surface area contributed by atoms with Crippen molar-refractivity contribution in [3.05, 3.63) is 29.8 Å². The molecule has 1 saturated heterocycles. The fourth-order valence-corrected chi connectivity index (χ4v) is 4.23. The molecule has 2 fully saturated rings. The molecule has 30 heavy (non-hydrogen) atoms. The Bertz CT molecular complexity index is 745. The van der Waals surface area contributed by atoms with Crippen LogP contribution < -0.4 is 4.90 Å². The number of aliphatic hydroxyl groups excluding tert-OH is 1. The largest absolute Gasteiger partial charge is 0.418 e. The third-order valence-electron chi connectivity index (χ3n) is 6.10. The number of hydrogen-bond donors (Lipinski definition) is 2. The molecule has 0 radical (unpaired) electrons. The van der Waals surface area contributed by atoms with Crippen LogP contribution >= 0.6 is 0 Å². The lowest BCUT2D eigenvalue weighted by Gasteiger charge is -2.40. The predicted octanol–water partition coefficient (Wildman–Crippen LogP) is 3.59. The van der Waals surface area contributed by atoms with Crippen LogP contribution in [0.15, 0.2) is 24.3 Å². The van der Waals surface area contributed by atoms with E-state index in [-0.39, 0.29) is 30.9 Å². The predicted molar refractivity (Wildman–Crippen MR) is 97.1 cm³/mol. The lowest BCUT2D eigenvalue weighted by Crippen LogP contribution is -2.46. The summed E-state index contributed by atoms with van der Waals surface area (Å²) in [5.41, 5.74) is -1.79. The number of hydrogen-bond acceptors (Lipinski definition) is 4. The van der Waals surface area contributed by atoms with Crippen LogP contribution in [-0.2, 0) is 9.53 Å². The molecule has 1 saturated carbocycles. The maximum atomic E-state index is 13.1. The highest BCUT2D eigenvalue weighted by Crippen LogP contribution is 2.48. The SMILES string of the molecule is O=C1N(c2ccc([C@@H](O)C(F)(F)F)cc2)CC[C@]12CC[C@](O)(COCC(F)F)CC2. The number of aliphatic hydroxyl groups is 2. The van der Waals surface area contributed by atoms with E-state index < -0.39 is 36.3 Å². The topological polar surface area (TPSA) is 70.0 Å². The first kappa shape index (κ1) is 22.9. The molecule has 1 aromatic carbocycles. The van der Waals surface area contributed by atoms with Gasteiger partial charge in [-0.15, -0.1) is 0 Å². The summed E-state index contributed by atoms with van der Waals surface area (Å²) in [6.45, 7) is -0.576. The second-order valence-corrected chi connectivity index (χ2v) is 8.15. The first-order chi connectivity index (χ1) is 14.0. The Kier molecular flexibility index (Phi) is 6.41. The van der Waals surface area contributed by atoms with Crippen molar-refractivity contribution in [3.8, 4) is 0 Å². The van der Waals surface area contributed by atoms with Gasteiger partial charge in [0.1, 0.15) is 6.61 Å². The van der Waals surface area contributed by atoms with Crippen molar-refractivity contribution in [1.82, 2.24) is 0 Å². The Labute approximate surface area is 170 Å². The van der Waals surface area contributed by atoms with Crippen LogP contribution in [-0.4, -0.2) is 54.1 Å². The Morgan fingerprint density at radius 3 is 2.20 bits per heavy atom. The van der Waals surface area contributed by atoms with Gasteiger partial charge in [-0.25, -0.2) is 8.78 Å². The highest BCUT2D eigenvalue weighted by Gasteiger charge is 2.51. The van der Waals surface area contributed by atoms with Gasteiger partial charge in [0.2, 0.25) is 5.91 Å². The third kappa shape index (κ3) is 4.76. The highest BCUT2D eigenvalue weighted by molar-refractivity contribution is 6.00. The smallest absolute Gasteiger partial charge is 0.387 e. The molecule has 1 spiro atoms. The normalized spacial score (nSPS) is 28.5. The van der Waals surface area contributed by atoms with Gasteiger partial charge >= 0.3 is 6.18 Å². The minimum atomic E-state index is -4.77. The molecule has 1 aromatic rings. The fraction of sp³-hybridized carbons (Fsp3) is 0.650. The minimum absolute atomic E-state index is 0.165. The van der Waals surface area contributed by atoms with Crippen molar-refractivity contribution < 1.29 is 41.7 Å². The van der Waals surface area contributed by atoms with Crippen LogP contribution in [0.1, 0.15) is 43.8 Å². The average Bonchev–Trinajstić information content (AvgIpc) is 2.99. The van der Waals surface area contributed by atoms with Crippen LogP contribution in [0, 0.1) is 5.41 Å². The molecule has 3 rings (SSSR count). The molecule has 1 aliphatic carbocycles. The summed E-state index contributed by atoms with van der Waals surface area (Å²) in [4.78, 5) is 14.6. The number of benzene rings is 1. The molecule has 1 amide bonds. The highest BCUT2D eigenvalue weighted by atomic mass is 19.4. The lowest BCUT2D eigenvalue weighted by atomic mass is 9.68. The van der Waals surface area contributed by atoms with Gasteiger partial charge in [-0.05, 0) is 49.8 Å². The number of rotatable bonds is 6. The number of carbonyl (C=O) groups excluding carboxylic acids is 1. The van der Waals surface area contributed by atoms with E-state index in [4.69, 9.17) is 4.74 Å². The van der Waals surface area contributed by atoms with Crippen molar-refractivity contribution in [1.29, 1.82) is 0 Å². The van der Waals surface area contributed by atoms with Gasteiger partial charge in [-0.2, -0.15) is 13.2 Å². The second kappa shape index (κ2) is 8.39. The Morgan fingerprint density at radius 2 is 1.67 bits per heavy atom. The zero-order valence-electron chi connectivity index (χ0n) is 16.2. The van der Waals surface area contributed by atoms with Crippen molar-refractivity contribution in [2.45, 2.75) is 56.4 Å². The summed E-state index contributed by atoms with van der Waals surface area (Å²) < 4.78 is 67.2. The molecule has 1 atom stereocenters. The molecule has 2 N–H and O–H groups in total. The first-order valence-electron chi connectivity index (χ1n) is 9.71. The quantitative estimate of drug-likeness (QED) is 0.668. The van der Waals surface area contributed by atoms with Crippen molar-refractivity contribution in [2.24, 2.45) is 5.41 Å². The van der Waals surface area contributed by atoms with Crippen LogP contribution in [0.2, 0.25) is 0 Å². The van der Waals surface area contributed by atoms with Crippen molar-refractivity contribution >= 4 is 11.6 Å². The first-order valence-corrected chi connectivity index (χ1v) is 9.71. The molecule has 168 valence electrons. The molecule has 2 aliphatic rings. The minimum Gasteiger partial charge on any atom is -0.387 e. The summed E-state index contributed by atoms with van der Waals surface area (Å²) in [5, 5.41) is 19.9. The summed E-state index contributed by atoms with van der Waals surface area (Å²) in [7, 11) is 0. The van der Waals surface area contributed by atoms with Crippen molar-refractivity contribution in [2.75, 3.05) is 24.7 Å². The van der Waals surface area contributed by atoms with Crippen molar-refractivity contribution in [3.63, 3.8) is 0 Å². The summed E-state index contributed by atoms with van der Waals surface area (Å²) in [6, 6.07) is 5.04. The van der Waals surface area contributed by atoms with Gasteiger partial charge in [-0.3, -0.25) is 4.79 Å². The van der Waals surface area contributed by atoms with Gasteiger partial charge in [0.25, 0.3) is 6.43 Å². The zero-order valence-corrected chi connectivity index (χ0v) is 16.2. The lowest BCUT2D eigenvalue weighted by molar-refractivity contribution is -0.206. The Hall–Kier alpha value is -1.78. The molecule has 5 nitrogen and oxygen atoms in total. The van der Waals surface area contributed by atoms with Gasteiger partial charge in [0.05, 0.1) is 17.6 Å². The monoisotopic (exact) mass is 437 g/mol. The van der Waals surface area contributed by atoms with E-state index in [9.17, 15) is 37.0 Å². The molecule has 0 aromatic heterocycles. The van der Waals surface area contributed by atoms with Crippen LogP contribution in [0.4, 0.5) is 27.6 Å². The van der Waals surface area contributed by atoms with E-state index >= 15 is 0 Å². The van der Waals surface area contributed by atoms with E-state index in [1.54, 1.807) is 0 Å². The number of ether oxygens (including phenoxy) is 1. The standard InChI is InChI=1S/C20H24F5NO4/c21-15(22)11-30-12-19(29)7-5-18(6-8-19)9-10-26(17(18)28)14-3-1-13(2-4-14)16(27)20(23,24)25/h1-4,15-16,27,29H,5-12H2/t16-,18-,19-/m1/s1. The average molecular weight is 437 g/mol. The van der Waals surface area contributed by atoms with E-state index in [1.807, 2.05) is 0 Å². The molecular weight excluding hydrogens is 413 g/mol. The maximum absolute atomic E-state index is 13.1. The van der Waals surface area contributed by atoms with Gasteiger partial charge < -0.3 is 19.8 Å². The van der Waals surface area contributed by atoms with Gasteiger partial charge in [0.15, 0.2) is 6.10 Å². The molecule has 1 aliphatic heterocycles. The second-order valence-electron chi connectivity index (χ2n) is 8.15. The van der Waals surface area contributed by atoms with E-state index in [1.165, 1.54) is 17.0 Å². The maximum Gasteiger partial charge on any atom is 0.418 e. The number of alkyl halides is 5. The molecule has 0 bridgehead atoms. The molecular formula is C20H24F5NO4. The van der Waals surface area contributed by atoms with E-state index in [0.717, 1.165) is 12.1 Å². The third-order valence-corrected chi connectivity index (χ3v) is 6.10.